The Morgan fingerprint density at radius 3 is 2.43 bits per heavy atom. The van der Waals surface area contributed by atoms with Crippen molar-refractivity contribution in [2.24, 2.45) is 5.14 Å². The van der Waals surface area contributed by atoms with Gasteiger partial charge in [-0.15, -0.1) is 0 Å². The van der Waals surface area contributed by atoms with Gasteiger partial charge in [-0.25, -0.2) is 13.6 Å². The van der Waals surface area contributed by atoms with Gasteiger partial charge in [0.05, 0.1) is 5.69 Å². The molecular formula is C11H20N4O4S2. The van der Waals surface area contributed by atoms with Crippen LogP contribution in [0.5, 0.6) is 0 Å². The summed E-state index contributed by atoms with van der Waals surface area (Å²) >= 11 is 0. The number of primary sulfonamides is 1. The Hall–Kier alpha value is -1.26. The normalized spacial score (nSPS) is 15.0. The fraction of sp³-hybridized carbons (Fsp3) is 0.636. The Balaban J connectivity index is 3.14. The van der Waals surface area contributed by atoms with E-state index >= 15 is 0 Å². The number of hydrogen-bond acceptors (Lipinski definition) is 5. The largest absolute Gasteiger partial charge is 0.347 e. The smallest absolute Gasteiger partial charge is 0.273 e. The predicted octanol–water partition coefficient (Wildman–Crippen LogP) is -0.323. The number of carbonyl (C=O) groups excluding carboxylic acids is 1. The maximum absolute atomic E-state index is 12.1. The molecule has 1 aromatic rings. The number of rotatable bonds is 6. The van der Waals surface area contributed by atoms with Crippen LogP contribution in [0.2, 0.25) is 0 Å². The standard InChI is InChI=1S/C11H20N4O4S2/c1-6(2)8-10(21(12,18)19)9(15-14-8)11(16)13-7(3)5-20(4)17/h6-7H,5H2,1-4H3,(H,13,16)(H,14,15)(H2,12,18,19). The summed E-state index contributed by atoms with van der Waals surface area (Å²) in [6, 6.07) is -0.379. The van der Waals surface area contributed by atoms with E-state index in [1.807, 2.05) is 0 Å². The third-order valence-corrected chi connectivity index (χ3v) is 4.64. The van der Waals surface area contributed by atoms with Crippen molar-refractivity contribution >= 4 is 26.7 Å². The van der Waals surface area contributed by atoms with E-state index in [-0.39, 0.29) is 34.0 Å². The van der Waals surface area contributed by atoms with Crippen LogP contribution in [0.1, 0.15) is 42.9 Å². The molecule has 0 aliphatic rings. The maximum atomic E-state index is 12.1. The summed E-state index contributed by atoms with van der Waals surface area (Å²) in [7, 11) is -5.16. The van der Waals surface area contributed by atoms with Crippen LogP contribution in [0.25, 0.3) is 0 Å². The van der Waals surface area contributed by atoms with E-state index in [0.29, 0.717) is 0 Å². The van der Waals surface area contributed by atoms with E-state index in [2.05, 4.69) is 15.5 Å². The number of hydrogen-bond donors (Lipinski definition) is 3. The Morgan fingerprint density at radius 1 is 1.43 bits per heavy atom. The van der Waals surface area contributed by atoms with Gasteiger partial charge in [0.15, 0.2) is 5.69 Å². The summed E-state index contributed by atoms with van der Waals surface area (Å²) in [6.07, 6.45) is 1.52. The molecule has 0 spiro atoms. The second-order valence-electron chi connectivity index (χ2n) is 5.13. The van der Waals surface area contributed by atoms with E-state index in [0.717, 1.165) is 0 Å². The Bertz CT molecular complexity index is 651. The highest BCUT2D eigenvalue weighted by Crippen LogP contribution is 2.23. The number of sulfonamides is 1. The summed E-state index contributed by atoms with van der Waals surface area (Å²) in [5, 5.41) is 14.0. The SMILES string of the molecule is CC(CS(C)=O)NC(=O)c1n[nH]c(C(C)C)c1S(N)(=O)=O. The Labute approximate surface area is 126 Å². The first-order valence-corrected chi connectivity index (χ1v) is 9.53. The van der Waals surface area contributed by atoms with Crippen molar-refractivity contribution in [3.63, 3.8) is 0 Å². The zero-order valence-electron chi connectivity index (χ0n) is 12.3. The van der Waals surface area contributed by atoms with E-state index in [9.17, 15) is 17.4 Å². The molecule has 2 unspecified atom stereocenters. The molecule has 1 amide bonds. The van der Waals surface area contributed by atoms with Gasteiger partial charge < -0.3 is 5.32 Å². The van der Waals surface area contributed by atoms with Crippen LogP contribution < -0.4 is 10.5 Å². The summed E-state index contributed by atoms with van der Waals surface area (Å²) in [5.74, 6) is -0.592. The van der Waals surface area contributed by atoms with Crippen molar-refractivity contribution in [3.05, 3.63) is 11.4 Å². The van der Waals surface area contributed by atoms with Gasteiger partial charge in [-0.2, -0.15) is 5.10 Å². The van der Waals surface area contributed by atoms with Gasteiger partial charge in [-0.1, -0.05) is 13.8 Å². The Morgan fingerprint density at radius 2 is 2.00 bits per heavy atom. The molecule has 0 aromatic carbocycles. The number of nitrogens with zero attached hydrogens (tertiary/aromatic N) is 1. The fourth-order valence-electron chi connectivity index (χ4n) is 1.86. The van der Waals surface area contributed by atoms with Crippen LogP contribution in [0.4, 0.5) is 0 Å². The third-order valence-electron chi connectivity index (χ3n) is 2.69. The molecule has 1 heterocycles. The number of nitrogens with two attached hydrogens (primary N) is 1. The molecule has 120 valence electrons. The first-order chi connectivity index (χ1) is 9.54. The van der Waals surface area contributed by atoms with Crippen LogP contribution in [0.3, 0.4) is 0 Å². The molecule has 2 atom stereocenters. The fourth-order valence-corrected chi connectivity index (χ4v) is 3.65. The maximum Gasteiger partial charge on any atom is 0.273 e. The van der Waals surface area contributed by atoms with E-state index < -0.39 is 26.7 Å². The minimum Gasteiger partial charge on any atom is -0.347 e. The minimum absolute atomic E-state index is 0.187. The molecule has 0 aliphatic heterocycles. The zero-order chi connectivity index (χ0) is 16.4. The number of amides is 1. The van der Waals surface area contributed by atoms with Crippen LogP contribution in [0, 0.1) is 0 Å². The lowest BCUT2D eigenvalue weighted by Gasteiger charge is -2.12. The predicted molar refractivity (Wildman–Crippen MR) is 79.9 cm³/mol. The zero-order valence-corrected chi connectivity index (χ0v) is 14.0. The lowest BCUT2D eigenvalue weighted by molar-refractivity contribution is 0.0935. The number of aromatic nitrogens is 2. The highest BCUT2D eigenvalue weighted by molar-refractivity contribution is 7.89. The van der Waals surface area contributed by atoms with Gasteiger partial charge in [-0.3, -0.25) is 14.1 Å². The Kier molecular flexibility index (Phi) is 5.65. The number of aromatic amines is 1. The molecule has 8 nitrogen and oxygen atoms in total. The molecule has 1 rings (SSSR count). The van der Waals surface area contributed by atoms with Crippen LogP contribution in [0.15, 0.2) is 4.90 Å². The second kappa shape index (κ2) is 6.67. The van der Waals surface area contributed by atoms with Crippen molar-refractivity contribution in [3.8, 4) is 0 Å². The lowest BCUT2D eigenvalue weighted by atomic mass is 10.1. The second-order valence-corrected chi connectivity index (χ2v) is 8.11. The van der Waals surface area contributed by atoms with Crippen molar-refractivity contribution in [1.82, 2.24) is 15.5 Å². The summed E-state index contributed by atoms with van der Waals surface area (Å²) in [5.41, 5.74) is 0.0179. The van der Waals surface area contributed by atoms with Gasteiger partial charge in [0.2, 0.25) is 10.0 Å². The molecule has 0 saturated heterocycles. The molecule has 1 aromatic heterocycles. The topological polar surface area (TPSA) is 135 Å². The van der Waals surface area contributed by atoms with E-state index in [1.165, 1.54) is 6.26 Å². The average molecular weight is 336 g/mol. The monoisotopic (exact) mass is 336 g/mol. The molecular weight excluding hydrogens is 316 g/mol. The van der Waals surface area contributed by atoms with E-state index in [4.69, 9.17) is 5.14 Å². The lowest BCUT2D eigenvalue weighted by Crippen LogP contribution is -2.37. The van der Waals surface area contributed by atoms with Crippen LogP contribution in [-0.4, -0.2) is 46.8 Å². The summed E-state index contributed by atoms with van der Waals surface area (Å²) < 4.78 is 34.5. The molecule has 0 saturated carbocycles. The summed E-state index contributed by atoms with van der Waals surface area (Å²) in [6.45, 7) is 5.19. The van der Waals surface area contributed by atoms with Crippen molar-refractivity contribution in [2.75, 3.05) is 12.0 Å². The van der Waals surface area contributed by atoms with Gasteiger partial charge in [-0.05, 0) is 12.8 Å². The first-order valence-electron chi connectivity index (χ1n) is 6.26. The molecule has 0 bridgehead atoms. The van der Waals surface area contributed by atoms with Crippen LogP contribution in [-0.2, 0) is 20.8 Å². The summed E-state index contributed by atoms with van der Waals surface area (Å²) in [4.78, 5) is 11.8. The third kappa shape index (κ3) is 4.61. The van der Waals surface area contributed by atoms with E-state index in [1.54, 1.807) is 20.8 Å². The van der Waals surface area contributed by atoms with Gasteiger partial charge in [0, 0.05) is 28.9 Å². The van der Waals surface area contributed by atoms with Crippen molar-refractivity contribution in [1.29, 1.82) is 0 Å². The van der Waals surface area contributed by atoms with Crippen LogP contribution >= 0.6 is 0 Å². The molecule has 0 aliphatic carbocycles. The molecule has 21 heavy (non-hydrogen) atoms. The highest BCUT2D eigenvalue weighted by Gasteiger charge is 2.29. The van der Waals surface area contributed by atoms with Gasteiger partial charge >= 0.3 is 0 Å². The average Bonchev–Trinajstić information content (AvgIpc) is 2.71. The minimum atomic E-state index is -4.08. The quantitative estimate of drug-likeness (QED) is 0.654. The first kappa shape index (κ1) is 17.8. The van der Waals surface area contributed by atoms with Gasteiger partial charge in [0.1, 0.15) is 4.90 Å². The number of H-pyrrole nitrogens is 1. The molecule has 0 radical (unpaired) electrons. The van der Waals surface area contributed by atoms with Crippen molar-refractivity contribution < 1.29 is 17.4 Å². The molecule has 10 heteroatoms. The number of nitrogens with one attached hydrogen (secondary N) is 2. The number of carbonyl (C=O) groups is 1. The highest BCUT2D eigenvalue weighted by atomic mass is 32.2. The molecule has 0 fully saturated rings. The van der Waals surface area contributed by atoms with Gasteiger partial charge in [0.25, 0.3) is 5.91 Å². The molecule has 4 N–H and O–H groups in total. The van der Waals surface area contributed by atoms with Crippen molar-refractivity contribution in [2.45, 2.75) is 37.6 Å².